The molecule has 0 saturated carbocycles. The van der Waals surface area contributed by atoms with Crippen molar-refractivity contribution in [1.82, 2.24) is 9.80 Å². The molecule has 0 amide bonds. The average molecular weight is 354 g/mol. The van der Waals surface area contributed by atoms with Crippen LogP contribution in [0.15, 0.2) is 29.3 Å². The number of hydrogen-bond donors (Lipinski definition) is 0. The number of benzene rings is 1. The third-order valence-electron chi connectivity index (χ3n) is 7.23. The molecule has 4 heterocycles. The van der Waals surface area contributed by atoms with Crippen molar-refractivity contribution in [2.24, 2.45) is 16.8 Å². The normalized spacial score (nSPS) is 35.7. The summed E-state index contributed by atoms with van der Waals surface area (Å²) in [5.74, 6) is 3.96. The van der Waals surface area contributed by atoms with Gasteiger partial charge in [0.15, 0.2) is 0 Å². The van der Waals surface area contributed by atoms with Crippen molar-refractivity contribution >= 4 is 11.5 Å². The molecular weight excluding hydrogens is 322 g/mol. The minimum Gasteiger partial charge on any atom is -0.497 e. The van der Waals surface area contributed by atoms with Gasteiger partial charge in [-0.1, -0.05) is 0 Å². The molecule has 0 unspecified atom stereocenters. The third kappa shape index (κ3) is 2.83. The predicted molar refractivity (Wildman–Crippen MR) is 105 cm³/mol. The summed E-state index contributed by atoms with van der Waals surface area (Å²) in [6, 6.07) is 9.80. The second-order valence-electron chi connectivity index (χ2n) is 8.57. The van der Waals surface area contributed by atoms with Crippen LogP contribution in [0, 0.1) is 11.8 Å². The minimum absolute atomic E-state index is 0.725. The highest BCUT2D eigenvalue weighted by Gasteiger charge is 2.49. The zero-order valence-electron chi connectivity index (χ0n) is 15.9. The van der Waals surface area contributed by atoms with Crippen LogP contribution in [0.25, 0.3) is 0 Å². The van der Waals surface area contributed by atoms with Crippen molar-refractivity contribution in [3.05, 3.63) is 24.3 Å². The van der Waals surface area contributed by atoms with E-state index in [9.17, 15) is 0 Å². The summed E-state index contributed by atoms with van der Waals surface area (Å²) in [5.41, 5.74) is 1.07. The molecule has 5 rings (SSSR count). The lowest BCUT2D eigenvalue weighted by atomic mass is 9.68. The van der Waals surface area contributed by atoms with E-state index in [1.165, 1.54) is 64.0 Å². The molecule has 4 nitrogen and oxygen atoms in total. The minimum atomic E-state index is 0.725. The molecule has 0 spiro atoms. The molecule has 26 heavy (non-hydrogen) atoms. The lowest BCUT2D eigenvalue weighted by Gasteiger charge is -2.59. The van der Waals surface area contributed by atoms with E-state index in [4.69, 9.17) is 9.73 Å². The maximum atomic E-state index is 5.29. The number of methoxy groups -OCH3 is 1. The highest BCUT2D eigenvalue weighted by atomic mass is 16.5. The van der Waals surface area contributed by atoms with Crippen LogP contribution in [0.4, 0.5) is 5.69 Å². The zero-order chi connectivity index (χ0) is 17.5. The average Bonchev–Trinajstić information content (AvgIpc) is 2.70. The predicted octanol–water partition coefficient (Wildman–Crippen LogP) is 4.08. The molecule has 4 aliphatic rings. The van der Waals surface area contributed by atoms with Crippen molar-refractivity contribution in [2.45, 2.75) is 57.0 Å². The van der Waals surface area contributed by atoms with Gasteiger partial charge in [0.1, 0.15) is 11.6 Å². The molecule has 1 aromatic rings. The van der Waals surface area contributed by atoms with E-state index in [0.29, 0.717) is 0 Å². The van der Waals surface area contributed by atoms with Crippen LogP contribution < -0.4 is 4.74 Å². The number of nitrogens with zero attached hydrogens (tertiary/aromatic N) is 3. The number of hydrogen-bond acceptors (Lipinski definition) is 3. The standard InChI is InChI=1S/C22H31N3O/c1-26-18-11-9-17(10-12-18)23-21-8-2-7-20-19-6-4-14-24-13-3-5-16(22(19)24)15-25(20)21/h9-12,16,19-20,22H,2-8,13-15H2,1H3/t16-,19-,20-,22+/m1/s1. The summed E-state index contributed by atoms with van der Waals surface area (Å²) in [5, 5.41) is 0. The van der Waals surface area contributed by atoms with E-state index in [-0.39, 0.29) is 0 Å². The van der Waals surface area contributed by atoms with Crippen LogP contribution in [0.3, 0.4) is 0 Å². The van der Waals surface area contributed by atoms with Crippen molar-refractivity contribution in [3.8, 4) is 5.75 Å². The van der Waals surface area contributed by atoms with Crippen LogP contribution in [0.5, 0.6) is 5.75 Å². The molecule has 0 aromatic heterocycles. The lowest BCUT2D eigenvalue weighted by Crippen LogP contribution is -2.66. The Kier molecular flexibility index (Phi) is 4.39. The van der Waals surface area contributed by atoms with E-state index in [1.54, 1.807) is 7.11 Å². The van der Waals surface area contributed by atoms with Crippen molar-refractivity contribution in [2.75, 3.05) is 26.7 Å². The van der Waals surface area contributed by atoms with Crippen molar-refractivity contribution in [3.63, 3.8) is 0 Å². The number of piperidine rings is 4. The number of fused-ring (bicyclic) bond motifs is 2. The quantitative estimate of drug-likeness (QED) is 0.802. The molecular formula is C22H31N3O. The zero-order valence-corrected chi connectivity index (χ0v) is 15.9. The molecule has 0 radical (unpaired) electrons. The van der Waals surface area contributed by atoms with Gasteiger partial charge in [0.05, 0.1) is 12.8 Å². The van der Waals surface area contributed by atoms with Crippen molar-refractivity contribution in [1.29, 1.82) is 0 Å². The van der Waals surface area contributed by atoms with Gasteiger partial charge in [-0.3, -0.25) is 4.90 Å². The summed E-state index contributed by atoms with van der Waals surface area (Å²) >= 11 is 0. The molecule has 1 aromatic carbocycles. The molecule has 0 N–H and O–H groups in total. The first kappa shape index (κ1) is 16.6. The van der Waals surface area contributed by atoms with Gasteiger partial charge in [-0.2, -0.15) is 0 Å². The van der Waals surface area contributed by atoms with E-state index < -0.39 is 0 Å². The molecule has 4 saturated heterocycles. The van der Waals surface area contributed by atoms with Crippen molar-refractivity contribution < 1.29 is 4.74 Å². The Morgan fingerprint density at radius 3 is 2.62 bits per heavy atom. The summed E-state index contributed by atoms with van der Waals surface area (Å²) in [6.45, 7) is 3.92. The topological polar surface area (TPSA) is 28.1 Å². The van der Waals surface area contributed by atoms with Crippen LogP contribution in [0.1, 0.15) is 44.9 Å². The van der Waals surface area contributed by atoms with Gasteiger partial charge in [-0.05, 0) is 87.7 Å². The molecule has 0 bridgehead atoms. The fourth-order valence-electron chi connectivity index (χ4n) is 6.20. The Bertz CT molecular complexity index is 668. The highest BCUT2D eigenvalue weighted by molar-refractivity contribution is 5.86. The van der Waals surface area contributed by atoms with Gasteiger partial charge >= 0.3 is 0 Å². The summed E-state index contributed by atoms with van der Waals surface area (Å²) in [7, 11) is 1.72. The molecule has 4 fully saturated rings. The van der Waals surface area contributed by atoms with Gasteiger partial charge in [0.25, 0.3) is 0 Å². The lowest BCUT2D eigenvalue weighted by molar-refractivity contribution is -0.0604. The molecule has 4 heteroatoms. The summed E-state index contributed by atoms with van der Waals surface area (Å²) < 4.78 is 5.29. The third-order valence-corrected chi connectivity index (χ3v) is 7.23. The SMILES string of the molecule is COc1ccc(N=C2CCC[C@@H]3[C@H]4CCCN5CCC[C@H](CN23)[C@@H]45)cc1. The fourth-order valence-corrected chi connectivity index (χ4v) is 6.20. The van der Waals surface area contributed by atoms with E-state index >= 15 is 0 Å². The Morgan fingerprint density at radius 1 is 1.00 bits per heavy atom. The number of aliphatic imine (C=N–C) groups is 1. The van der Waals surface area contributed by atoms with E-state index in [1.807, 2.05) is 12.1 Å². The van der Waals surface area contributed by atoms with Crippen LogP contribution >= 0.6 is 0 Å². The number of amidine groups is 1. The first-order valence-electron chi connectivity index (χ1n) is 10.6. The fraction of sp³-hybridized carbons (Fsp3) is 0.682. The van der Waals surface area contributed by atoms with Crippen LogP contribution in [-0.2, 0) is 0 Å². The van der Waals surface area contributed by atoms with E-state index in [0.717, 1.165) is 41.8 Å². The smallest absolute Gasteiger partial charge is 0.119 e. The maximum absolute atomic E-state index is 5.29. The molecule has 4 atom stereocenters. The van der Waals surface area contributed by atoms with Gasteiger partial charge in [0.2, 0.25) is 0 Å². The summed E-state index contributed by atoms with van der Waals surface area (Å²) in [4.78, 5) is 10.7. The Labute approximate surface area is 157 Å². The van der Waals surface area contributed by atoms with Gasteiger partial charge in [-0.25, -0.2) is 4.99 Å². The maximum Gasteiger partial charge on any atom is 0.119 e. The van der Waals surface area contributed by atoms with Gasteiger partial charge < -0.3 is 9.64 Å². The van der Waals surface area contributed by atoms with E-state index in [2.05, 4.69) is 21.9 Å². The second kappa shape index (κ2) is 6.88. The second-order valence-corrected chi connectivity index (χ2v) is 8.57. The first-order valence-corrected chi connectivity index (χ1v) is 10.6. The number of ether oxygens (including phenoxy) is 1. The monoisotopic (exact) mass is 353 g/mol. The summed E-state index contributed by atoms with van der Waals surface area (Å²) in [6.07, 6.45) is 9.41. The van der Waals surface area contributed by atoms with Crippen LogP contribution in [-0.4, -0.2) is 54.5 Å². The Morgan fingerprint density at radius 2 is 1.81 bits per heavy atom. The highest BCUT2D eigenvalue weighted by Crippen LogP contribution is 2.45. The first-order chi connectivity index (χ1) is 12.8. The van der Waals surface area contributed by atoms with Crippen LogP contribution in [0.2, 0.25) is 0 Å². The number of rotatable bonds is 2. The molecule has 140 valence electrons. The Hall–Kier alpha value is -1.55. The Balaban J connectivity index is 1.43. The molecule has 4 aliphatic heterocycles. The van der Waals surface area contributed by atoms with Gasteiger partial charge in [-0.15, -0.1) is 0 Å². The van der Waals surface area contributed by atoms with Gasteiger partial charge in [0, 0.05) is 25.0 Å². The molecule has 0 aliphatic carbocycles. The largest absolute Gasteiger partial charge is 0.497 e.